The van der Waals surface area contributed by atoms with E-state index < -0.39 is 4.92 Å². The molecule has 0 saturated carbocycles. The van der Waals surface area contributed by atoms with Crippen LogP contribution in [0.15, 0.2) is 24.3 Å². The maximum Gasteiger partial charge on any atom is 0.312 e. The molecule has 0 aliphatic rings. The summed E-state index contributed by atoms with van der Waals surface area (Å²) in [6, 6.07) is 7.82. The van der Waals surface area contributed by atoms with Crippen LogP contribution in [0.3, 0.4) is 0 Å². The van der Waals surface area contributed by atoms with E-state index in [4.69, 9.17) is 0 Å². The summed E-state index contributed by atoms with van der Waals surface area (Å²) in [7, 11) is 0. The highest BCUT2D eigenvalue weighted by Crippen LogP contribution is 2.22. The van der Waals surface area contributed by atoms with Crippen molar-refractivity contribution >= 4 is 17.3 Å². The van der Waals surface area contributed by atoms with Gasteiger partial charge in [0, 0.05) is 18.7 Å². The van der Waals surface area contributed by atoms with E-state index in [0.29, 0.717) is 36.7 Å². The van der Waals surface area contributed by atoms with Crippen LogP contribution in [0.25, 0.3) is 0 Å². The molecule has 0 atom stereocenters. The van der Waals surface area contributed by atoms with E-state index in [2.05, 4.69) is 24.3 Å². The minimum absolute atomic E-state index is 0.0506. The van der Waals surface area contributed by atoms with Crippen molar-refractivity contribution in [3.05, 3.63) is 51.3 Å². The number of hydrogen-bond donors (Lipinski definition) is 1. The quantitative estimate of drug-likeness (QED) is 0.608. The lowest BCUT2D eigenvalue weighted by Crippen LogP contribution is -2.13. The van der Waals surface area contributed by atoms with Crippen molar-refractivity contribution in [3.63, 3.8) is 0 Å². The predicted octanol–water partition coefficient (Wildman–Crippen LogP) is 3.95. The van der Waals surface area contributed by atoms with Crippen LogP contribution in [0, 0.1) is 24.0 Å². The first-order valence-corrected chi connectivity index (χ1v) is 8.37. The van der Waals surface area contributed by atoms with Crippen LogP contribution in [0.1, 0.15) is 49.6 Å². The number of aromatic nitrogens is 2. The second-order valence-electron chi connectivity index (χ2n) is 6.43. The van der Waals surface area contributed by atoms with Gasteiger partial charge in [0.25, 0.3) is 0 Å². The Hall–Kier alpha value is -2.70. The lowest BCUT2D eigenvalue weighted by molar-refractivity contribution is -0.386. The number of amides is 1. The largest absolute Gasteiger partial charge is 0.326 e. The Morgan fingerprint density at radius 3 is 2.44 bits per heavy atom. The maximum absolute atomic E-state index is 12.0. The van der Waals surface area contributed by atoms with E-state index >= 15 is 0 Å². The second kappa shape index (κ2) is 7.92. The SMILES string of the molecule is Cc1nn(CCCC(=O)Nc2ccc(C(C)C)cc2)c(C)c1[N+](=O)[O-]. The average Bonchev–Trinajstić information content (AvgIpc) is 2.82. The third-order valence-electron chi connectivity index (χ3n) is 4.16. The molecule has 0 aliphatic heterocycles. The van der Waals surface area contributed by atoms with Gasteiger partial charge in [-0.25, -0.2) is 0 Å². The molecule has 1 heterocycles. The monoisotopic (exact) mass is 344 g/mol. The second-order valence-corrected chi connectivity index (χ2v) is 6.43. The summed E-state index contributed by atoms with van der Waals surface area (Å²) in [5, 5.41) is 18.0. The summed E-state index contributed by atoms with van der Waals surface area (Å²) in [6.45, 7) is 8.01. The maximum atomic E-state index is 12.0. The van der Waals surface area contributed by atoms with Crippen LogP contribution in [0.4, 0.5) is 11.4 Å². The Labute approximate surface area is 147 Å². The van der Waals surface area contributed by atoms with Crippen LogP contribution in [-0.2, 0) is 11.3 Å². The number of rotatable bonds is 7. The van der Waals surface area contributed by atoms with Crippen molar-refractivity contribution in [2.45, 2.75) is 53.0 Å². The highest BCUT2D eigenvalue weighted by atomic mass is 16.6. The molecule has 0 saturated heterocycles. The fraction of sp³-hybridized carbons (Fsp3) is 0.444. The highest BCUT2D eigenvalue weighted by molar-refractivity contribution is 5.90. The highest BCUT2D eigenvalue weighted by Gasteiger charge is 2.21. The smallest absolute Gasteiger partial charge is 0.312 e. The molecule has 0 fully saturated rings. The fourth-order valence-corrected chi connectivity index (χ4v) is 2.73. The van der Waals surface area contributed by atoms with Crippen molar-refractivity contribution in [2.75, 3.05) is 5.32 Å². The van der Waals surface area contributed by atoms with E-state index in [1.54, 1.807) is 18.5 Å². The molecule has 0 spiro atoms. The third kappa shape index (κ3) is 4.65. The number of hydrogen-bond acceptors (Lipinski definition) is 4. The van der Waals surface area contributed by atoms with E-state index in [-0.39, 0.29) is 11.6 Å². The van der Waals surface area contributed by atoms with Crippen LogP contribution in [-0.4, -0.2) is 20.6 Å². The number of anilines is 1. The topological polar surface area (TPSA) is 90.1 Å². The number of carbonyl (C=O) groups excluding carboxylic acids is 1. The Balaban J connectivity index is 1.86. The molecule has 7 heteroatoms. The lowest BCUT2D eigenvalue weighted by atomic mass is 10.0. The number of nitro groups is 1. The van der Waals surface area contributed by atoms with E-state index in [9.17, 15) is 14.9 Å². The summed E-state index contributed by atoms with van der Waals surface area (Å²) >= 11 is 0. The van der Waals surface area contributed by atoms with Crippen molar-refractivity contribution in [3.8, 4) is 0 Å². The Morgan fingerprint density at radius 1 is 1.28 bits per heavy atom. The minimum Gasteiger partial charge on any atom is -0.326 e. The van der Waals surface area contributed by atoms with Gasteiger partial charge in [-0.15, -0.1) is 0 Å². The van der Waals surface area contributed by atoms with Crippen molar-refractivity contribution in [1.29, 1.82) is 0 Å². The summed E-state index contributed by atoms with van der Waals surface area (Å²) in [5.74, 6) is 0.378. The molecule has 0 unspecified atom stereocenters. The summed E-state index contributed by atoms with van der Waals surface area (Å²) < 4.78 is 1.60. The normalized spacial score (nSPS) is 10.9. The first-order chi connectivity index (χ1) is 11.8. The molecule has 1 aromatic carbocycles. The van der Waals surface area contributed by atoms with E-state index in [0.717, 1.165) is 5.69 Å². The number of benzene rings is 1. The summed E-state index contributed by atoms with van der Waals surface area (Å²) in [6.07, 6.45) is 0.896. The zero-order valence-electron chi connectivity index (χ0n) is 15.1. The standard InChI is InChI=1S/C18H24N4O3/c1-12(2)15-7-9-16(10-8-15)19-17(23)6-5-11-21-14(4)18(22(24)25)13(3)20-21/h7-10,12H,5-6,11H2,1-4H3,(H,19,23). The fourth-order valence-electron chi connectivity index (χ4n) is 2.73. The number of nitrogens with zero attached hydrogens (tertiary/aromatic N) is 3. The zero-order chi connectivity index (χ0) is 18.6. The minimum atomic E-state index is -0.415. The van der Waals surface area contributed by atoms with Crippen LogP contribution in [0.2, 0.25) is 0 Å². The molecule has 0 bridgehead atoms. The molecule has 1 aromatic heterocycles. The van der Waals surface area contributed by atoms with Gasteiger partial charge in [0.1, 0.15) is 11.4 Å². The zero-order valence-corrected chi connectivity index (χ0v) is 15.1. The molecular formula is C18H24N4O3. The molecule has 2 aromatic rings. The molecule has 0 aliphatic carbocycles. The third-order valence-corrected chi connectivity index (χ3v) is 4.16. The molecule has 0 radical (unpaired) electrons. The lowest BCUT2D eigenvalue weighted by Gasteiger charge is -2.09. The van der Waals surface area contributed by atoms with Gasteiger partial charge in [-0.05, 0) is 43.9 Å². The van der Waals surface area contributed by atoms with Gasteiger partial charge in [0.05, 0.1) is 4.92 Å². The van der Waals surface area contributed by atoms with Gasteiger partial charge < -0.3 is 5.32 Å². The molecule has 2 rings (SSSR count). The summed E-state index contributed by atoms with van der Waals surface area (Å²) in [4.78, 5) is 22.6. The first kappa shape index (κ1) is 18.6. The number of aryl methyl sites for hydroxylation is 2. The van der Waals surface area contributed by atoms with Gasteiger partial charge in [-0.3, -0.25) is 19.6 Å². The number of nitrogens with one attached hydrogen (secondary N) is 1. The molecule has 25 heavy (non-hydrogen) atoms. The molecule has 1 amide bonds. The molecule has 7 nitrogen and oxygen atoms in total. The van der Waals surface area contributed by atoms with Gasteiger partial charge in [0.2, 0.25) is 5.91 Å². The first-order valence-electron chi connectivity index (χ1n) is 8.37. The van der Waals surface area contributed by atoms with Crippen molar-refractivity contribution in [1.82, 2.24) is 9.78 Å². The van der Waals surface area contributed by atoms with Gasteiger partial charge in [-0.2, -0.15) is 5.10 Å². The van der Waals surface area contributed by atoms with Crippen LogP contribution in [0.5, 0.6) is 0 Å². The van der Waals surface area contributed by atoms with Crippen LogP contribution >= 0.6 is 0 Å². The molecular weight excluding hydrogens is 320 g/mol. The number of carbonyl (C=O) groups is 1. The van der Waals surface area contributed by atoms with Crippen molar-refractivity contribution in [2.24, 2.45) is 0 Å². The van der Waals surface area contributed by atoms with Crippen molar-refractivity contribution < 1.29 is 9.72 Å². The Morgan fingerprint density at radius 2 is 1.92 bits per heavy atom. The predicted molar refractivity (Wildman–Crippen MR) is 96.8 cm³/mol. The molecule has 134 valence electrons. The molecule has 1 N–H and O–H groups in total. The summed E-state index contributed by atoms with van der Waals surface area (Å²) in [5.41, 5.74) is 2.97. The van der Waals surface area contributed by atoms with Gasteiger partial charge >= 0.3 is 5.69 Å². The van der Waals surface area contributed by atoms with E-state index in [1.807, 2.05) is 24.3 Å². The van der Waals surface area contributed by atoms with E-state index in [1.165, 1.54) is 5.56 Å². The van der Waals surface area contributed by atoms with Gasteiger partial charge in [-0.1, -0.05) is 26.0 Å². The van der Waals surface area contributed by atoms with Crippen LogP contribution < -0.4 is 5.32 Å². The average molecular weight is 344 g/mol. The Kier molecular flexibility index (Phi) is 5.90. The van der Waals surface area contributed by atoms with Gasteiger partial charge in [0.15, 0.2) is 0 Å². The Bertz CT molecular complexity index is 763.